The van der Waals surface area contributed by atoms with E-state index in [1.807, 2.05) is 7.05 Å². The molecular formula is C21H34IN5O. The normalized spacial score (nSPS) is 18.9. The van der Waals surface area contributed by atoms with Crippen LogP contribution in [0, 0.1) is 5.92 Å². The second kappa shape index (κ2) is 11.6. The first-order valence-corrected chi connectivity index (χ1v) is 10.2. The molecule has 1 unspecified atom stereocenters. The summed E-state index contributed by atoms with van der Waals surface area (Å²) >= 11 is 0. The number of aliphatic imine (C=N–C) groups is 1. The number of guanidine groups is 1. The Morgan fingerprint density at radius 3 is 2.32 bits per heavy atom. The number of hydrogen-bond acceptors (Lipinski definition) is 3. The van der Waals surface area contributed by atoms with Crippen molar-refractivity contribution in [1.82, 2.24) is 20.4 Å². The maximum absolute atomic E-state index is 11.7. The Kier molecular flexibility index (Phi) is 9.50. The summed E-state index contributed by atoms with van der Waals surface area (Å²) in [7, 11) is 1.83. The lowest BCUT2D eigenvalue weighted by Gasteiger charge is -2.40. The van der Waals surface area contributed by atoms with E-state index in [1.165, 1.54) is 5.56 Å². The van der Waals surface area contributed by atoms with Crippen molar-refractivity contribution in [3.05, 3.63) is 35.9 Å². The van der Waals surface area contributed by atoms with E-state index < -0.39 is 0 Å². The summed E-state index contributed by atoms with van der Waals surface area (Å²) in [5.41, 5.74) is 1.40. The molecule has 1 saturated carbocycles. The Bertz CT molecular complexity index is 627. The Morgan fingerprint density at radius 1 is 1.11 bits per heavy atom. The van der Waals surface area contributed by atoms with E-state index in [0.717, 1.165) is 51.4 Å². The summed E-state index contributed by atoms with van der Waals surface area (Å²) in [4.78, 5) is 21.0. The topological polar surface area (TPSA) is 60.0 Å². The molecule has 0 spiro atoms. The number of piperazine rings is 1. The van der Waals surface area contributed by atoms with Crippen LogP contribution in [0.25, 0.3) is 0 Å². The first-order chi connectivity index (χ1) is 13.2. The molecule has 1 aliphatic carbocycles. The Balaban J connectivity index is 0.00000280. The van der Waals surface area contributed by atoms with E-state index in [1.54, 1.807) is 0 Å². The van der Waals surface area contributed by atoms with E-state index in [4.69, 9.17) is 0 Å². The molecule has 1 atom stereocenters. The van der Waals surface area contributed by atoms with Crippen LogP contribution in [0.1, 0.15) is 37.8 Å². The second-order valence-corrected chi connectivity index (χ2v) is 7.40. The van der Waals surface area contributed by atoms with Gasteiger partial charge in [-0.3, -0.25) is 14.7 Å². The van der Waals surface area contributed by atoms with Crippen molar-refractivity contribution in [3.8, 4) is 0 Å². The number of hydrogen-bond donors (Lipinski definition) is 2. The fourth-order valence-corrected chi connectivity index (χ4v) is 3.81. The average molecular weight is 499 g/mol. The maximum atomic E-state index is 11.7. The maximum Gasteiger partial charge on any atom is 0.223 e. The third-order valence-corrected chi connectivity index (χ3v) is 5.49. The Labute approximate surface area is 186 Å². The summed E-state index contributed by atoms with van der Waals surface area (Å²) in [5, 5.41) is 6.38. The van der Waals surface area contributed by atoms with Crippen molar-refractivity contribution >= 4 is 35.8 Å². The first-order valence-electron chi connectivity index (χ1n) is 10.2. The van der Waals surface area contributed by atoms with E-state index in [9.17, 15) is 4.79 Å². The van der Waals surface area contributed by atoms with E-state index in [2.05, 4.69) is 62.7 Å². The third kappa shape index (κ3) is 6.34. The molecule has 2 N–H and O–H groups in total. The Hall–Kier alpha value is -1.35. The lowest BCUT2D eigenvalue weighted by molar-refractivity contribution is -0.122. The highest BCUT2D eigenvalue weighted by Crippen LogP contribution is 2.28. The molecule has 1 heterocycles. The van der Waals surface area contributed by atoms with Gasteiger partial charge in [-0.05, 0) is 24.8 Å². The number of nitrogens with zero attached hydrogens (tertiary/aromatic N) is 3. The van der Waals surface area contributed by atoms with Crippen molar-refractivity contribution in [2.24, 2.45) is 10.9 Å². The molecule has 3 rings (SSSR count). The highest BCUT2D eigenvalue weighted by atomic mass is 127. The van der Waals surface area contributed by atoms with Crippen LogP contribution in [-0.4, -0.2) is 68.0 Å². The first kappa shape index (κ1) is 22.9. The predicted molar refractivity (Wildman–Crippen MR) is 125 cm³/mol. The molecule has 2 aliphatic rings. The molecule has 0 aromatic heterocycles. The van der Waals surface area contributed by atoms with Gasteiger partial charge in [-0.1, -0.05) is 37.3 Å². The van der Waals surface area contributed by atoms with Gasteiger partial charge in [0, 0.05) is 58.3 Å². The van der Waals surface area contributed by atoms with Crippen LogP contribution >= 0.6 is 24.0 Å². The van der Waals surface area contributed by atoms with Crippen molar-refractivity contribution in [3.63, 3.8) is 0 Å². The molecule has 0 radical (unpaired) electrons. The number of amides is 1. The van der Waals surface area contributed by atoms with Gasteiger partial charge in [0.05, 0.1) is 0 Å². The van der Waals surface area contributed by atoms with Gasteiger partial charge < -0.3 is 15.5 Å². The van der Waals surface area contributed by atoms with Gasteiger partial charge in [-0.2, -0.15) is 0 Å². The summed E-state index contributed by atoms with van der Waals surface area (Å²) in [5.74, 6) is 1.41. The number of benzene rings is 1. The summed E-state index contributed by atoms with van der Waals surface area (Å²) in [6.07, 6.45) is 3.22. The smallest absolute Gasteiger partial charge is 0.223 e. The van der Waals surface area contributed by atoms with Crippen molar-refractivity contribution in [2.45, 2.75) is 32.2 Å². The number of halogens is 1. The van der Waals surface area contributed by atoms with E-state index in [-0.39, 0.29) is 35.8 Å². The van der Waals surface area contributed by atoms with Gasteiger partial charge in [0.1, 0.15) is 0 Å². The van der Waals surface area contributed by atoms with Crippen LogP contribution in [0.15, 0.2) is 35.3 Å². The van der Waals surface area contributed by atoms with Crippen LogP contribution in [0.2, 0.25) is 0 Å². The number of carbonyl (C=O) groups is 1. The summed E-state index contributed by atoms with van der Waals surface area (Å²) in [6, 6.07) is 11.3. The lowest BCUT2D eigenvalue weighted by atomic mass is 10.0. The van der Waals surface area contributed by atoms with Gasteiger partial charge in [-0.25, -0.2) is 0 Å². The minimum absolute atomic E-state index is 0. The fraction of sp³-hybridized carbons (Fsp3) is 0.619. The van der Waals surface area contributed by atoms with E-state index in [0.29, 0.717) is 19.1 Å². The zero-order valence-electron chi connectivity index (χ0n) is 17.1. The van der Waals surface area contributed by atoms with Crippen LogP contribution in [0.4, 0.5) is 0 Å². The minimum Gasteiger partial charge on any atom is -0.354 e. The van der Waals surface area contributed by atoms with Gasteiger partial charge in [0.25, 0.3) is 0 Å². The molecule has 7 heteroatoms. The molecule has 0 bridgehead atoms. The number of nitrogens with one attached hydrogen (secondary N) is 2. The molecule has 1 saturated heterocycles. The largest absolute Gasteiger partial charge is 0.354 e. The highest BCUT2D eigenvalue weighted by molar-refractivity contribution is 14.0. The molecule has 1 aliphatic heterocycles. The van der Waals surface area contributed by atoms with Gasteiger partial charge in [0.15, 0.2) is 5.96 Å². The van der Waals surface area contributed by atoms with Crippen molar-refractivity contribution in [2.75, 3.05) is 46.3 Å². The minimum atomic E-state index is 0. The zero-order valence-corrected chi connectivity index (χ0v) is 19.4. The van der Waals surface area contributed by atoms with Gasteiger partial charge in [0.2, 0.25) is 5.91 Å². The van der Waals surface area contributed by atoms with Crippen LogP contribution < -0.4 is 10.6 Å². The van der Waals surface area contributed by atoms with Crippen LogP contribution in [-0.2, 0) is 4.79 Å². The zero-order chi connectivity index (χ0) is 19.1. The van der Waals surface area contributed by atoms with E-state index >= 15 is 0 Å². The SMILES string of the molecule is CCC(c1ccccc1)N1CCN(C(=NC)NCCNC(=O)C2CC2)CC1.I. The van der Waals surface area contributed by atoms with Gasteiger partial charge in [-0.15, -0.1) is 24.0 Å². The summed E-state index contributed by atoms with van der Waals surface area (Å²) < 4.78 is 0. The second-order valence-electron chi connectivity index (χ2n) is 7.40. The quantitative estimate of drug-likeness (QED) is 0.262. The van der Waals surface area contributed by atoms with Crippen LogP contribution in [0.5, 0.6) is 0 Å². The fourth-order valence-electron chi connectivity index (χ4n) is 3.81. The van der Waals surface area contributed by atoms with Crippen molar-refractivity contribution < 1.29 is 4.79 Å². The summed E-state index contributed by atoms with van der Waals surface area (Å²) in [6.45, 7) is 7.64. The Morgan fingerprint density at radius 2 is 1.75 bits per heavy atom. The molecule has 6 nitrogen and oxygen atoms in total. The molecule has 2 fully saturated rings. The molecule has 156 valence electrons. The molecule has 1 aromatic carbocycles. The average Bonchev–Trinajstić information content (AvgIpc) is 3.55. The monoisotopic (exact) mass is 499 g/mol. The standard InChI is InChI=1S/C21H33N5O.HI/c1-3-19(17-7-5-4-6-8-17)25-13-15-26(16-14-25)21(22-2)24-12-11-23-20(27)18-9-10-18;/h4-8,18-19H,3,9-16H2,1-2H3,(H,22,24)(H,23,27);1H. The highest BCUT2D eigenvalue weighted by Gasteiger charge is 2.29. The van der Waals surface area contributed by atoms with Crippen molar-refractivity contribution in [1.29, 1.82) is 0 Å². The number of carbonyl (C=O) groups excluding carboxylic acids is 1. The van der Waals surface area contributed by atoms with Crippen LogP contribution in [0.3, 0.4) is 0 Å². The lowest BCUT2D eigenvalue weighted by Crippen LogP contribution is -2.53. The predicted octanol–water partition coefficient (Wildman–Crippen LogP) is 2.47. The van der Waals surface area contributed by atoms with Gasteiger partial charge >= 0.3 is 0 Å². The molecule has 1 aromatic rings. The number of rotatable bonds is 7. The molecule has 1 amide bonds. The third-order valence-electron chi connectivity index (χ3n) is 5.49. The molecule has 28 heavy (non-hydrogen) atoms. The molecular weight excluding hydrogens is 465 g/mol.